The first kappa shape index (κ1) is 32.7. The van der Waals surface area contributed by atoms with Crippen molar-refractivity contribution in [2.24, 2.45) is 52.3 Å². The molecule has 1 aromatic carbocycles. The van der Waals surface area contributed by atoms with Crippen molar-refractivity contribution in [1.29, 1.82) is 0 Å². The zero-order valence-corrected chi connectivity index (χ0v) is 26.6. The first-order chi connectivity index (χ1) is 20.0. The van der Waals surface area contributed by atoms with Crippen LogP contribution in [0, 0.1) is 52.3 Å². The number of benzene rings is 1. The molecule has 43 heavy (non-hydrogen) atoms. The molecule has 1 aromatic rings. The van der Waals surface area contributed by atoms with Gasteiger partial charge in [0.2, 0.25) is 10.0 Å². The molecular formula is C33H48F3NO5S. The Kier molecular flexibility index (Phi) is 8.84. The third kappa shape index (κ3) is 5.89. The van der Waals surface area contributed by atoms with E-state index in [-0.39, 0.29) is 46.0 Å². The van der Waals surface area contributed by atoms with Crippen molar-refractivity contribution >= 4 is 15.9 Å². The molecule has 0 radical (unpaired) electrons. The quantitative estimate of drug-likeness (QED) is 0.324. The molecule has 11 atom stereocenters. The van der Waals surface area contributed by atoms with Crippen LogP contribution in [0.15, 0.2) is 24.3 Å². The molecule has 242 valence electrons. The van der Waals surface area contributed by atoms with Crippen LogP contribution in [0.5, 0.6) is 0 Å². The molecule has 0 heterocycles. The van der Waals surface area contributed by atoms with Crippen molar-refractivity contribution < 1.29 is 36.6 Å². The molecule has 4 aliphatic carbocycles. The second-order valence-electron chi connectivity index (χ2n) is 14.7. The molecule has 1 amide bonds. The lowest BCUT2D eigenvalue weighted by atomic mass is 9.41. The molecule has 4 aliphatic rings. The molecule has 6 nitrogen and oxygen atoms in total. The van der Waals surface area contributed by atoms with Crippen LogP contribution in [0.25, 0.3) is 0 Å². The van der Waals surface area contributed by atoms with E-state index in [1.807, 2.05) is 4.72 Å². The Labute approximate surface area is 254 Å². The number of halogens is 3. The lowest BCUT2D eigenvalue weighted by Crippen LogP contribution is -2.62. The maximum atomic E-state index is 12.9. The smallest absolute Gasteiger partial charge is 0.393 e. The van der Waals surface area contributed by atoms with Crippen molar-refractivity contribution in [3.8, 4) is 0 Å². The van der Waals surface area contributed by atoms with Crippen LogP contribution in [-0.4, -0.2) is 42.5 Å². The second kappa shape index (κ2) is 11.6. The summed E-state index contributed by atoms with van der Waals surface area (Å²) in [5.74, 6) is 0.714. The van der Waals surface area contributed by atoms with Crippen LogP contribution in [0.2, 0.25) is 0 Å². The number of hydrogen-bond acceptors (Lipinski definition) is 5. The number of rotatable bonds is 7. The predicted octanol–water partition coefficient (Wildman–Crippen LogP) is 6.42. The molecule has 4 fully saturated rings. The largest absolute Gasteiger partial charge is 0.416 e. The van der Waals surface area contributed by atoms with E-state index in [9.17, 15) is 36.6 Å². The van der Waals surface area contributed by atoms with Gasteiger partial charge in [0, 0.05) is 5.56 Å². The molecular weight excluding hydrogens is 579 g/mol. The van der Waals surface area contributed by atoms with Gasteiger partial charge in [0.05, 0.1) is 23.5 Å². The topological polar surface area (TPSA) is 104 Å². The number of aliphatic hydroxyl groups excluding tert-OH is 2. The standard InChI is InChI=1S/C33H48F3NO5S/c1-5-23-27-18-22(38)12-15-32(27,4)26-13-16-31(3)24(10-11-25(31)28(26)29(23)39)19(2)14-17-43(41,42)37-30(40)20-6-8-21(9-7-20)33(34,35)36/h6-9,19,22-29,38-39H,5,10-18H2,1-4H3,(H,37,40)/t19-,22-,23-,24-,25?,26?,27+,28?,29-,31-,32-/m1/s1. The van der Waals surface area contributed by atoms with Crippen LogP contribution in [-0.2, 0) is 16.2 Å². The van der Waals surface area contributed by atoms with Crippen molar-refractivity contribution in [3.05, 3.63) is 35.4 Å². The number of sulfonamides is 1. The monoisotopic (exact) mass is 627 g/mol. The summed E-state index contributed by atoms with van der Waals surface area (Å²) in [5, 5.41) is 22.4. The van der Waals surface area contributed by atoms with E-state index >= 15 is 0 Å². The highest BCUT2D eigenvalue weighted by atomic mass is 32.2. The third-order valence-electron chi connectivity index (χ3n) is 12.7. The van der Waals surface area contributed by atoms with E-state index < -0.39 is 33.8 Å². The lowest BCUT2D eigenvalue weighted by molar-refractivity contribution is -0.203. The number of carbonyl (C=O) groups excluding carboxylic acids is 1. The molecule has 5 rings (SSSR count). The van der Waals surface area contributed by atoms with Gasteiger partial charge in [-0.05, 0) is 128 Å². The zero-order valence-electron chi connectivity index (χ0n) is 25.7. The summed E-state index contributed by atoms with van der Waals surface area (Å²) < 4.78 is 66.3. The highest BCUT2D eigenvalue weighted by Crippen LogP contribution is 2.69. The average molecular weight is 628 g/mol. The predicted molar refractivity (Wildman–Crippen MR) is 158 cm³/mol. The number of aliphatic hydroxyl groups is 2. The van der Waals surface area contributed by atoms with Crippen LogP contribution < -0.4 is 4.72 Å². The fraction of sp³-hybridized carbons (Fsp3) is 0.788. The van der Waals surface area contributed by atoms with Crippen LogP contribution in [0.4, 0.5) is 13.2 Å². The van der Waals surface area contributed by atoms with E-state index in [0.29, 0.717) is 30.1 Å². The van der Waals surface area contributed by atoms with E-state index in [4.69, 9.17) is 0 Å². The normalized spacial score (nSPS) is 40.2. The highest BCUT2D eigenvalue weighted by Gasteiger charge is 2.64. The van der Waals surface area contributed by atoms with Gasteiger partial charge in [-0.3, -0.25) is 4.79 Å². The minimum Gasteiger partial charge on any atom is -0.393 e. The van der Waals surface area contributed by atoms with Gasteiger partial charge >= 0.3 is 6.18 Å². The van der Waals surface area contributed by atoms with Gasteiger partial charge in [0.15, 0.2) is 0 Å². The summed E-state index contributed by atoms with van der Waals surface area (Å²) in [6.07, 6.45) is 2.74. The Morgan fingerprint density at radius 1 is 1.00 bits per heavy atom. The summed E-state index contributed by atoms with van der Waals surface area (Å²) in [6, 6.07) is 3.49. The van der Waals surface area contributed by atoms with Crippen LogP contribution in [0.1, 0.15) is 101 Å². The molecule has 0 spiro atoms. The fourth-order valence-electron chi connectivity index (χ4n) is 10.5. The number of hydrogen-bond donors (Lipinski definition) is 3. The lowest BCUT2D eigenvalue weighted by Gasteiger charge is -2.64. The Balaban J connectivity index is 1.25. The maximum Gasteiger partial charge on any atom is 0.416 e. The maximum absolute atomic E-state index is 12.9. The fourth-order valence-corrected chi connectivity index (χ4v) is 11.7. The number of carbonyl (C=O) groups is 1. The summed E-state index contributed by atoms with van der Waals surface area (Å²) >= 11 is 0. The Morgan fingerprint density at radius 2 is 1.63 bits per heavy atom. The van der Waals surface area contributed by atoms with Crippen molar-refractivity contribution in [2.45, 2.75) is 104 Å². The second-order valence-corrected chi connectivity index (χ2v) is 16.6. The van der Waals surface area contributed by atoms with E-state index in [1.165, 1.54) is 0 Å². The minimum atomic E-state index is -4.54. The van der Waals surface area contributed by atoms with Crippen molar-refractivity contribution in [2.75, 3.05) is 5.75 Å². The number of fused-ring (bicyclic) bond motifs is 5. The number of alkyl halides is 3. The minimum absolute atomic E-state index is 0.00945. The van der Waals surface area contributed by atoms with E-state index in [2.05, 4.69) is 27.7 Å². The highest BCUT2D eigenvalue weighted by molar-refractivity contribution is 7.90. The van der Waals surface area contributed by atoms with E-state index in [1.54, 1.807) is 0 Å². The molecule has 0 saturated heterocycles. The summed E-state index contributed by atoms with van der Waals surface area (Å²) in [4.78, 5) is 12.5. The summed E-state index contributed by atoms with van der Waals surface area (Å²) in [7, 11) is -3.99. The molecule has 3 unspecified atom stereocenters. The zero-order chi connectivity index (χ0) is 31.5. The Hall–Kier alpha value is -1.65. The van der Waals surface area contributed by atoms with Crippen LogP contribution in [0.3, 0.4) is 0 Å². The first-order valence-electron chi connectivity index (χ1n) is 16.1. The molecule has 0 aliphatic heterocycles. The molecule has 0 bridgehead atoms. The van der Waals surface area contributed by atoms with Gasteiger partial charge in [0.1, 0.15) is 0 Å². The Morgan fingerprint density at radius 3 is 2.26 bits per heavy atom. The summed E-state index contributed by atoms with van der Waals surface area (Å²) in [6.45, 7) is 9.00. The van der Waals surface area contributed by atoms with Gasteiger partial charge in [0.25, 0.3) is 5.91 Å². The van der Waals surface area contributed by atoms with Gasteiger partial charge in [-0.1, -0.05) is 34.1 Å². The van der Waals surface area contributed by atoms with Gasteiger partial charge in [-0.25, -0.2) is 13.1 Å². The van der Waals surface area contributed by atoms with E-state index in [0.717, 1.165) is 75.6 Å². The average Bonchev–Trinajstić information content (AvgIpc) is 3.29. The van der Waals surface area contributed by atoms with Gasteiger partial charge in [-0.2, -0.15) is 13.2 Å². The molecule has 10 heteroatoms. The first-order valence-corrected chi connectivity index (χ1v) is 17.7. The van der Waals surface area contributed by atoms with Crippen molar-refractivity contribution in [1.82, 2.24) is 4.72 Å². The molecule has 0 aromatic heterocycles. The number of nitrogens with one attached hydrogen (secondary N) is 1. The SMILES string of the molecule is CC[C@H]1[C@@H](O)C2C3CC[C@H]([C@H](C)CCS(=O)(=O)NC(=O)c4ccc(C(F)(F)F)cc4)[C@@]3(C)CCC2[C@@]2(C)CC[C@@H](O)C[C@@H]12. The van der Waals surface area contributed by atoms with Gasteiger partial charge in [-0.15, -0.1) is 0 Å². The number of amides is 1. The Bertz CT molecular complexity index is 1290. The van der Waals surface area contributed by atoms with Gasteiger partial charge < -0.3 is 10.2 Å². The molecule has 3 N–H and O–H groups in total. The van der Waals surface area contributed by atoms with Crippen molar-refractivity contribution in [3.63, 3.8) is 0 Å². The third-order valence-corrected chi connectivity index (χ3v) is 14.0. The molecule has 4 saturated carbocycles. The van der Waals surface area contributed by atoms with Crippen LogP contribution >= 0.6 is 0 Å². The summed E-state index contributed by atoms with van der Waals surface area (Å²) in [5.41, 5.74) is -0.943.